The van der Waals surface area contributed by atoms with Crippen LogP contribution in [0.15, 0.2) is 24.3 Å². The normalized spacial score (nSPS) is 20.2. The standard InChI is InChI=1S/C15H20FNO3/c1-15(2,3)20-14(19)17-9-8-12(17)13(18)10-6-4-5-7-11(10)16/h4-7,12-13,18H,8-9H2,1-3H3. The van der Waals surface area contributed by atoms with E-state index >= 15 is 0 Å². The molecule has 1 amide bonds. The zero-order chi connectivity index (χ0) is 14.9. The van der Waals surface area contributed by atoms with Gasteiger partial charge in [0, 0.05) is 12.1 Å². The summed E-state index contributed by atoms with van der Waals surface area (Å²) in [6, 6.07) is 5.64. The molecule has 0 aliphatic carbocycles. The van der Waals surface area contributed by atoms with E-state index in [1.807, 2.05) is 0 Å². The second-order valence-electron chi connectivity index (χ2n) is 6.00. The van der Waals surface area contributed by atoms with Crippen LogP contribution in [-0.2, 0) is 4.74 Å². The molecule has 5 heteroatoms. The lowest BCUT2D eigenvalue weighted by Crippen LogP contribution is -2.55. The van der Waals surface area contributed by atoms with E-state index in [0.717, 1.165) is 0 Å². The molecule has 20 heavy (non-hydrogen) atoms. The number of rotatable bonds is 2. The first-order valence-electron chi connectivity index (χ1n) is 6.72. The van der Waals surface area contributed by atoms with Crippen molar-refractivity contribution in [2.45, 2.75) is 44.9 Å². The van der Waals surface area contributed by atoms with Crippen molar-refractivity contribution >= 4 is 6.09 Å². The average molecular weight is 281 g/mol. The quantitative estimate of drug-likeness (QED) is 0.907. The molecular formula is C15H20FNO3. The fourth-order valence-corrected chi connectivity index (χ4v) is 2.21. The number of benzene rings is 1. The Labute approximate surface area is 118 Å². The van der Waals surface area contributed by atoms with E-state index in [2.05, 4.69) is 0 Å². The lowest BCUT2D eigenvalue weighted by molar-refractivity contribution is -0.0417. The number of hydrogen-bond donors (Lipinski definition) is 1. The minimum atomic E-state index is -1.03. The Morgan fingerprint density at radius 3 is 2.60 bits per heavy atom. The molecule has 1 aliphatic rings. The van der Waals surface area contributed by atoms with Gasteiger partial charge in [0.2, 0.25) is 0 Å². The second-order valence-corrected chi connectivity index (χ2v) is 6.00. The third-order valence-electron chi connectivity index (χ3n) is 3.28. The summed E-state index contributed by atoms with van der Waals surface area (Å²) in [5.41, 5.74) is -0.369. The van der Waals surface area contributed by atoms with Gasteiger partial charge in [-0.3, -0.25) is 0 Å². The van der Waals surface area contributed by atoms with Crippen molar-refractivity contribution in [1.82, 2.24) is 4.90 Å². The molecule has 4 nitrogen and oxygen atoms in total. The summed E-state index contributed by atoms with van der Waals surface area (Å²) in [6.07, 6.45) is -0.865. The van der Waals surface area contributed by atoms with Crippen LogP contribution in [0.5, 0.6) is 0 Å². The molecule has 2 atom stereocenters. The fraction of sp³-hybridized carbons (Fsp3) is 0.533. The fourth-order valence-electron chi connectivity index (χ4n) is 2.21. The van der Waals surface area contributed by atoms with Crippen LogP contribution in [0.3, 0.4) is 0 Å². The number of carbonyl (C=O) groups excluding carboxylic acids is 1. The monoisotopic (exact) mass is 281 g/mol. The van der Waals surface area contributed by atoms with Crippen LogP contribution >= 0.6 is 0 Å². The van der Waals surface area contributed by atoms with Gasteiger partial charge in [0.25, 0.3) is 0 Å². The van der Waals surface area contributed by atoms with Gasteiger partial charge in [-0.1, -0.05) is 18.2 Å². The first-order chi connectivity index (χ1) is 9.29. The number of hydrogen-bond acceptors (Lipinski definition) is 3. The SMILES string of the molecule is CC(C)(C)OC(=O)N1CCC1C(O)c1ccccc1F. The van der Waals surface area contributed by atoms with Crippen LogP contribution in [0.25, 0.3) is 0 Å². The van der Waals surface area contributed by atoms with Gasteiger partial charge in [-0.15, -0.1) is 0 Å². The summed E-state index contributed by atoms with van der Waals surface area (Å²) in [4.78, 5) is 13.4. The third-order valence-corrected chi connectivity index (χ3v) is 3.28. The zero-order valence-electron chi connectivity index (χ0n) is 12.0. The number of amides is 1. The lowest BCUT2D eigenvalue weighted by Gasteiger charge is -2.43. The highest BCUT2D eigenvalue weighted by molar-refractivity contribution is 5.69. The van der Waals surface area contributed by atoms with Crippen molar-refractivity contribution in [1.29, 1.82) is 0 Å². The van der Waals surface area contributed by atoms with Gasteiger partial charge in [0.15, 0.2) is 0 Å². The maximum atomic E-state index is 13.7. The summed E-state index contributed by atoms with van der Waals surface area (Å²) in [6.45, 7) is 5.87. The molecule has 1 N–H and O–H groups in total. The van der Waals surface area contributed by atoms with Crippen molar-refractivity contribution in [2.24, 2.45) is 0 Å². The Bertz CT molecular complexity index is 498. The Balaban J connectivity index is 2.07. The number of halogens is 1. The van der Waals surface area contributed by atoms with Crippen molar-refractivity contribution < 1.29 is 19.0 Å². The minimum Gasteiger partial charge on any atom is -0.444 e. The molecule has 1 saturated heterocycles. The van der Waals surface area contributed by atoms with Crippen LogP contribution in [0, 0.1) is 5.82 Å². The molecule has 1 fully saturated rings. The van der Waals surface area contributed by atoms with Crippen LogP contribution < -0.4 is 0 Å². The average Bonchev–Trinajstić information content (AvgIpc) is 2.25. The predicted octanol–water partition coefficient (Wildman–Crippen LogP) is 2.87. The smallest absolute Gasteiger partial charge is 0.410 e. The van der Waals surface area contributed by atoms with Gasteiger partial charge in [0.1, 0.15) is 17.5 Å². The second kappa shape index (κ2) is 5.40. The maximum Gasteiger partial charge on any atom is 0.410 e. The van der Waals surface area contributed by atoms with Gasteiger partial charge >= 0.3 is 6.09 Å². The molecule has 0 radical (unpaired) electrons. The van der Waals surface area contributed by atoms with E-state index in [0.29, 0.717) is 13.0 Å². The molecule has 1 aromatic rings. The predicted molar refractivity (Wildman–Crippen MR) is 72.7 cm³/mol. The van der Waals surface area contributed by atoms with Crippen LogP contribution in [0.1, 0.15) is 38.9 Å². The van der Waals surface area contributed by atoms with E-state index in [-0.39, 0.29) is 5.56 Å². The third kappa shape index (κ3) is 3.10. The van der Waals surface area contributed by atoms with Gasteiger partial charge in [-0.05, 0) is 33.3 Å². The summed E-state index contributed by atoms with van der Waals surface area (Å²) in [7, 11) is 0. The van der Waals surface area contributed by atoms with E-state index in [1.165, 1.54) is 17.0 Å². The summed E-state index contributed by atoms with van der Waals surface area (Å²) in [5, 5.41) is 10.2. The van der Waals surface area contributed by atoms with Crippen molar-refractivity contribution in [3.8, 4) is 0 Å². The molecule has 0 bridgehead atoms. The molecule has 0 aromatic heterocycles. The van der Waals surface area contributed by atoms with Crippen LogP contribution in [0.2, 0.25) is 0 Å². The number of aliphatic hydroxyl groups excluding tert-OH is 1. The van der Waals surface area contributed by atoms with Gasteiger partial charge in [0.05, 0.1) is 6.04 Å². The van der Waals surface area contributed by atoms with E-state index in [1.54, 1.807) is 32.9 Å². The Morgan fingerprint density at radius 2 is 2.10 bits per heavy atom. The topological polar surface area (TPSA) is 49.8 Å². The molecular weight excluding hydrogens is 261 g/mol. The van der Waals surface area contributed by atoms with Crippen molar-refractivity contribution in [3.63, 3.8) is 0 Å². The summed E-state index contributed by atoms with van der Waals surface area (Å²) < 4.78 is 18.9. The molecule has 1 heterocycles. The highest BCUT2D eigenvalue weighted by Crippen LogP contribution is 2.32. The van der Waals surface area contributed by atoms with E-state index in [4.69, 9.17) is 4.74 Å². The Hall–Kier alpha value is -1.62. The molecule has 2 unspecified atom stereocenters. The number of carbonyl (C=O) groups is 1. The Morgan fingerprint density at radius 1 is 1.45 bits per heavy atom. The number of aliphatic hydroxyl groups is 1. The maximum absolute atomic E-state index is 13.7. The molecule has 110 valence electrons. The lowest BCUT2D eigenvalue weighted by atomic mass is 9.92. The molecule has 1 aliphatic heterocycles. The first-order valence-corrected chi connectivity index (χ1v) is 6.72. The van der Waals surface area contributed by atoms with Crippen LogP contribution in [0.4, 0.5) is 9.18 Å². The van der Waals surface area contributed by atoms with Crippen molar-refractivity contribution in [3.05, 3.63) is 35.6 Å². The van der Waals surface area contributed by atoms with E-state index < -0.39 is 29.7 Å². The summed E-state index contributed by atoms with van der Waals surface area (Å²) in [5.74, 6) is -0.462. The number of nitrogens with zero attached hydrogens (tertiary/aromatic N) is 1. The Kier molecular flexibility index (Phi) is 3.99. The zero-order valence-corrected chi connectivity index (χ0v) is 12.0. The number of likely N-dealkylation sites (tertiary alicyclic amines) is 1. The first kappa shape index (κ1) is 14.8. The molecule has 2 rings (SSSR count). The highest BCUT2D eigenvalue weighted by atomic mass is 19.1. The van der Waals surface area contributed by atoms with Crippen LogP contribution in [-0.4, -0.2) is 34.3 Å². The van der Waals surface area contributed by atoms with E-state index in [9.17, 15) is 14.3 Å². The largest absolute Gasteiger partial charge is 0.444 e. The minimum absolute atomic E-state index is 0.214. The molecule has 0 saturated carbocycles. The summed E-state index contributed by atoms with van der Waals surface area (Å²) >= 11 is 0. The highest BCUT2D eigenvalue weighted by Gasteiger charge is 2.40. The van der Waals surface area contributed by atoms with Gasteiger partial charge in [-0.25, -0.2) is 9.18 Å². The van der Waals surface area contributed by atoms with Gasteiger partial charge < -0.3 is 14.7 Å². The van der Waals surface area contributed by atoms with Crippen molar-refractivity contribution in [2.75, 3.05) is 6.54 Å². The molecule has 1 aromatic carbocycles. The molecule has 0 spiro atoms. The van der Waals surface area contributed by atoms with Gasteiger partial charge in [-0.2, -0.15) is 0 Å². The number of ether oxygens (including phenoxy) is 1.